The minimum atomic E-state index is -1.21. The molecular formula is C13H15NO8. The Morgan fingerprint density at radius 3 is 2.59 bits per heavy atom. The summed E-state index contributed by atoms with van der Waals surface area (Å²) in [7, 11) is 0. The van der Waals surface area contributed by atoms with Crippen molar-refractivity contribution in [3.8, 4) is 5.75 Å². The van der Waals surface area contributed by atoms with Gasteiger partial charge >= 0.3 is 11.9 Å². The average molecular weight is 313 g/mol. The molecule has 22 heavy (non-hydrogen) atoms. The molecular weight excluding hydrogens is 298 g/mol. The molecule has 0 radical (unpaired) electrons. The lowest BCUT2D eigenvalue weighted by Gasteiger charge is -2.08. The first-order chi connectivity index (χ1) is 10.4. The van der Waals surface area contributed by atoms with E-state index in [0.29, 0.717) is 12.0 Å². The molecule has 9 nitrogen and oxygen atoms in total. The normalized spacial score (nSPS) is 10.0. The maximum absolute atomic E-state index is 11.1. The van der Waals surface area contributed by atoms with E-state index in [0.717, 1.165) is 0 Å². The third kappa shape index (κ3) is 6.18. The molecule has 0 aromatic heterocycles. The first-order valence-electron chi connectivity index (χ1n) is 6.30. The van der Waals surface area contributed by atoms with E-state index in [4.69, 9.17) is 14.6 Å². The number of hydrogen-bond donors (Lipinski definition) is 1. The van der Waals surface area contributed by atoms with E-state index in [1.807, 2.05) is 0 Å². The molecule has 0 aliphatic rings. The molecule has 1 rings (SSSR count). The van der Waals surface area contributed by atoms with E-state index in [-0.39, 0.29) is 31.1 Å². The Morgan fingerprint density at radius 1 is 1.27 bits per heavy atom. The highest BCUT2D eigenvalue weighted by Gasteiger charge is 2.13. The fourth-order valence-electron chi connectivity index (χ4n) is 1.61. The van der Waals surface area contributed by atoms with Crippen LogP contribution in [-0.2, 0) is 20.8 Å². The van der Waals surface area contributed by atoms with E-state index in [9.17, 15) is 19.7 Å². The van der Waals surface area contributed by atoms with E-state index < -0.39 is 17.0 Å². The largest absolute Gasteiger partial charge is 0.478 e. The van der Waals surface area contributed by atoms with Gasteiger partial charge in [0.05, 0.1) is 13.2 Å². The van der Waals surface area contributed by atoms with Crippen LogP contribution in [0.4, 0.5) is 0 Å². The molecule has 0 spiro atoms. The van der Waals surface area contributed by atoms with Crippen molar-refractivity contribution >= 4 is 11.9 Å². The predicted octanol–water partition coefficient (Wildman–Crippen LogP) is 1.08. The second-order valence-electron chi connectivity index (χ2n) is 4.15. The van der Waals surface area contributed by atoms with Gasteiger partial charge in [0.2, 0.25) is 0 Å². The molecule has 0 heterocycles. The fraction of sp³-hybridized carbons (Fsp3) is 0.385. The topological polar surface area (TPSA) is 125 Å². The highest BCUT2D eigenvalue weighted by molar-refractivity contribution is 5.92. The molecule has 0 unspecified atom stereocenters. The van der Waals surface area contributed by atoms with Crippen LogP contribution in [0.25, 0.3) is 0 Å². The van der Waals surface area contributed by atoms with Gasteiger partial charge in [0.1, 0.15) is 17.9 Å². The Balaban J connectivity index is 2.54. The number of carboxylic acid groups (broad SMARTS) is 1. The zero-order chi connectivity index (χ0) is 16.5. The summed E-state index contributed by atoms with van der Waals surface area (Å²) in [5.74, 6) is -1.84. The molecule has 0 aliphatic carbocycles. The number of ether oxygens (including phenoxy) is 2. The van der Waals surface area contributed by atoms with Crippen molar-refractivity contribution in [3.05, 3.63) is 39.4 Å². The molecule has 0 bridgehead atoms. The van der Waals surface area contributed by atoms with Crippen molar-refractivity contribution in [2.45, 2.75) is 13.3 Å². The zero-order valence-corrected chi connectivity index (χ0v) is 11.8. The van der Waals surface area contributed by atoms with Gasteiger partial charge in [0.15, 0.2) is 0 Å². The van der Waals surface area contributed by atoms with E-state index in [1.54, 1.807) is 6.07 Å². The minimum absolute atomic E-state index is 0.0240. The van der Waals surface area contributed by atoms with Crippen LogP contribution in [0.3, 0.4) is 0 Å². The number of carboxylic acids is 1. The summed E-state index contributed by atoms with van der Waals surface area (Å²) >= 11 is 0. The van der Waals surface area contributed by atoms with Crippen molar-refractivity contribution in [2.24, 2.45) is 0 Å². The monoisotopic (exact) mass is 313 g/mol. The Labute approximate surface area is 125 Å². The highest BCUT2D eigenvalue weighted by Crippen LogP contribution is 2.21. The van der Waals surface area contributed by atoms with Crippen LogP contribution < -0.4 is 4.74 Å². The van der Waals surface area contributed by atoms with Crippen LogP contribution in [0.5, 0.6) is 5.75 Å². The first kappa shape index (κ1) is 17.4. The number of carbonyl (C=O) groups excluding carboxylic acids is 1. The van der Waals surface area contributed by atoms with Crippen LogP contribution in [-0.4, -0.2) is 42.0 Å². The summed E-state index contributed by atoms with van der Waals surface area (Å²) in [5.41, 5.74) is 0.549. The Hall–Kier alpha value is -2.68. The highest BCUT2D eigenvalue weighted by atomic mass is 17.0. The lowest BCUT2D eigenvalue weighted by atomic mass is 10.1. The van der Waals surface area contributed by atoms with E-state index in [1.165, 1.54) is 19.1 Å². The second kappa shape index (κ2) is 8.57. The zero-order valence-electron chi connectivity index (χ0n) is 11.8. The third-order valence-electron chi connectivity index (χ3n) is 2.49. The molecule has 1 aromatic carbocycles. The molecule has 0 amide bonds. The molecule has 0 fully saturated rings. The van der Waals surface area contributed by atoms with Crippen LogP contribution in [0, 0.1) is 10.1 Å². The first-order valence-corrected chi connectivity index (χ1v) is 6.30. The second-order valence-corrected chi connectivity index (χ2v) is 4.15. The van der Waals surface area contributed by atoms with Gasteiger partial charge in [-0.2, -0.15) is 0 Å². The summed E-state index contributed by atoms with van der Waals surface area (Å²) < 4.78 is 9.93. The number of rotatable bonds is 9. The number of hydrogen-bond acceptors (Lipinski definition) is 7. The minimum Gasteiger partial charge on any atom is -0.478 e. The SMILES string of the molecule is CC(=O)Oc1ccc(CCOCCO[N+](=O)[O-])cc1C(=O)O. The van der Waals surface area contributed by atoms with Crippen molar-refractivity contribution in [1.82, 2.24) is 0 Å². The number of nitrogens with zero attached hydrogens (tertiary/aromatic N) is 1. The van der Waals surface area contributed by atoms with Crippen LogP contribution >= 0.6 is 0 Å². The Bertz CT molecular complexity index is 557. The molecule has 1 N–H and O–H groups in total. The molecule has 0 atom stereocenters. The van der Waals surface area contributed by atoms with Gasteiger partial charge in [-0.3, -0.25) is 4.79 Å². The van der Waals surface area contributed by atoms with Crippen molar-refractivity contribution in [2.75, 3.05) is 19.8 Å². The van der Waals surface area contributed by atoms with Crippen LogP contribution in [0.2, 0.25) is 0 Å². The maximum atomic E-state index is 11.1. The van der Waals surface area contributed by atoms with Crippen LogP contribution in [0.15, 0.2) is 18.2 Å². The summed E-state index contributed by atoms with van der Waals surface area (Å²) in [6.07, 6.45) is 0.402. The summed E-state index contributed by atoms with van der Waals surface area (Å²) in [6.45, 7) is 1.31. The molecule has 0 saturated carbocycles. The number of benzene rings is 1. The molecule has 9 heteroatoms. The fourth-order valence-corrected chi connectivity index (χ4v) is 1.61. The van der Waals surface area contributed by atoms with Crippen molar-refractivity contribution in [3.63, 3.8) is 0 Å². The Kier molecular flexibility index (Phi) is 6.77. The van der Waals surface area contributed by atoms with Gasteiger partial charge in [-0.25, -0.2) is 4.79 Å². The standard InChI is InChI=1S/C13H15NO8/c1-9(15)22-12-3-2-10(8-11(12)13(16)17)4-5-20-6-7-21-14(18)19/h2-3,8H,4-7H2,1H3,(H,16,17). The maximum Gasteiger partial charge on any atom is 0.339 e. The molecule has 1 aromatic rings. The Morgan fingerprint density at radius 2 is 2.00 bits per heavy atom. The summed E-state index contributed by atoms with van der Waals surface area (Å²) in [5, 5.41) is 18.1. The lowest BCUT2D eigenvalue weighted by Crippen LogP contribution is -2.11. The summed E-state index contributed by atoms with van der Waals surface area (Å²) in [6, 6.07) is 4.40. The van der Waals surface area contributed by atoms with Gasteiger partial charge in [0, 0.05) is 6.92 Å². The number of aromatic carboxylic acids is 1. The van der Waals surface area contributed by atoms with Crippen LogP contribution in [0.1, 0.15) is 22.8 Å². The molecule has 0 saturated heterocycles. The van der Waals surface area contributed by atoms with Gasteiger partial charge in [-0.15, -0.1) is 10.1 Å². The lowest BCUT2D eigenvalue weighted by molar-refractivity contribution is -0.758. The smallest absolute Gasteiger partial charge is 0.339 e. The predicted molar refractivity (Wildman–Crippen MR) is 72.2 cm³/mol. The van der Waals surface area contributed by atoms with Gasteiger partial charge in [-0.05, 0) is 24.1 Å². The average Bonchev–Trinajstić information content (AvgIpc) is 2.42. The third-order valence-corrected chi connectivity index (χ3v) is 2.49. The van der Waals surface area contributed by atoms with Gasteiger partial charge in [0.25, 0.3) is 5.09 Å². The quantitative estimate of drug-likeness (QED) is 0.236. The molecule has 0 aliphatic heterocycles. The van der Waals surface area contributed by atoms with E-state index in [2.05, 4.69) is 4.84 Å². The number of carbonyl (C=O) groups is 2. The van der Waals surface area contributed by atoms with Crippen molar-refractivity contribution < 1.29 is 34.1 Å². The molecule has 120 valence electrons. The summed E-state index contributed by atoms with van der Waals surface area (Å²) in [4.78, 5) is 36.0. The van der Waals surface area contributed by atoms with E-state index >= 15 is 0 Å². The number of esters is 1. The van der Waals surface area contributed by atoms with Crippen molar-refractivity contribution in [1.29, 1.82) is 0 Å². The van der Waals surface area contributed by atoms with Gasteiger partial charge in [-0.1, -0.05) is 6.07 Å². The van der Waals surface area contributed by atoms with Gasteiger partial charge < -0.3 is 19.4 Å².